The van der Waals surface area contributed by atoms with Crippen molar-refractivity contribution in [3.05, 3.63) is 48.5 Å². The van der Waals surface area contributed by atoms with E-state index in [1.807, 2.05) is 18.2 Å². The Kier molecular flexibility index (Phi) is 3.51. The van der Waals surface area contributed by atoms with Crippen molar-refractivity contribution in [1.82, 2.24) is 4.90 Å². The van der Waals surface area contributed by atoms with Gasteiger partial charge < -0.3 is 9.47 Å². The lowest BCUT2D eigenvalue weighted by molar-refractivity contribution is 0.0373. The Morgan fingerprint density at radius 1 is 1.05 bits per heavy atom. The van der Waals surface area contributed by atoms with Crippen molar-refractivity contribution >= 4 is 0 Å². The van der Waals surface area contributed by atoms with E-state index in [0.717, 1.165) is 23.6 Å². The Hall–Kier alpha value is -2.00. The monoisotopic (exact) mass is 295 g/mol. The van der Waals surface area contributed by atoms with Crippen LogP contribution < -0.4 is 9.47 Å². The van der Waals surface area contributed by atoms with Gasteiger partial charge >= 0.3 is 0 Å². The molecule has 2 atom stereocenters. The summed E-state index contributed by atoms with van der Waals surface area (Å²) < 4.78 is 12.4. The van der Waals surface area contributed by atoms with E-state index in [1.54, 1.807) is 0 Å². The second kappa shape index (κ2) is 5.65. The fourth-order valence-corrected chi connectivity index (χ4v) is 3.56. The van der Waals surface area contributed by atoms with Crippen LogP contribution in [0.15, 0.2) is 48.5 Å². The molecule has 0 N–H and O–H groups in total. The summed E-state index contributed by atoms with van der Waals surface area (Å²) in [4.78, 5) is 2.39. The largest absolute Gasteiger partial charge is 0.485 e. The molecule has 4 rings (SSSR count). The van der Waals surface area contributed by atoms with E-state index in [-0.39, 0.29) is 6.10 Å². The molecule has 1 fully saturated rings. The molecule has 3 nitrogen and oxygen atoms in total. The summed E-state index contributed by atoms with van der Waals surface area (Å²) in [5.41, 5.74) is 2.27. The maximum atomic E-state index is 6.28. The van der Waals surface area contributed by atoms with Crippen LogP contribution in [0, 0.1) is 0 Å². The van der Waals surface area contributed by atoms with E-state index in [1.165, 1.54) is 18.4 Å². The highest BCUT2D eigenvalue weighted by Gasteiger charge is 2.34. The highest BCUT2D eigenvalue weighted by atomic mass is 16.6. The summed E-state index contributed by atoms with van der Waals surface area (Å²) in [5.74, 6) is 1.75. The molecule has 0 saturated carbocycles. The van der Waals surface area contributed by atoms with Gasteiger partial charge in [0.15, 0.2) is 11.5 Å². The van der Waals surface area contributed by atoms with Gasteiger partial charge in [-0.2, -0.15) is 0 Å². The summed E-state index contributed by atoms with van der Waals surface area (Å²) in [6, 6.07) is 17.0. The number of fused-ring (bicyclic) bond motifs is 1. The summed E-state index contributed by atoms with van der Waals surface area (Å²) >= 11 is 0. The maximum Gasteiger partial charge on any atom is 0.169 e. The van der Waals surface area contributed by atoms with Crippen LogP contribution in [0.25, 0.3) is 11.1 Å². The standard InChI is InChI=1S/C19H21NO2/c1-20-12-6-10-16(20)18-13-21-19-15(9-5-11-17(19)22-18)14-7-3-2-4-8-14/h2-5,7-9,11,16,18H,6,10,12-13H2,1H3/t16-,18-/m0/s1. The first-order valence-electron chi connectivity index (χ1n) is 8.01. The van der Waals surface area contributed by atoms with Gasteiger partial charge in [-0.05, 0) is 38.1 Å². The minimum absolute atomic E-state index is 0.131. The normalized spacial score (nSPS) is 24.4. The van der Waals surface area contributed by atoms with E-state index in [2.05, 4.69) is 42.3 Å². The number of nitrogens with zero attached hydrogens (tertiary/aromatic N) is 1. The van der Waals surface area contributed by atoms with Gasteiger partial charge in [-0.3, -0.25) is 4.90 Å². The Labute approximate surface area is 131 Å². The Bertz CT molecular complexity index is 656. The van der Waals surface area contributed by atoms with Gasteiger partial charge in [-0.15, -0.1) is 0 Å². The van der Waals surface area contributed by atoms with Crippen LogP contribution in [-0.4, -0.2) is 37.2 Å². The summed E-state index contributed by atoms with van der Waals surface area (Å²) in [6.07, 6.45) is 2.57. The smallest absolute Gasteiger partial charge is 0.169 e. The highest BCUT2D eigenvalue weighted by molar-refractivity contribution is 5.74. The predicted molar refractivity (Wildman–Crippen MR) is 87.4 cm³/mol. The van der Waals surface area contributed by atoms with Crippen molar-refractivity contribution in [2.45, 2.75) is 25.0 Å². The van der Waals surface area contributed by atoms with Crippen molar-refractivity contribution in [3.63, 3.8) is 0 Å². The average Bonchev–Trinajstić information content (AvgIpc) is 3.00. The summed E-state index contributed by atoms with van der Waals surface area (Å²) in [7, 11) is 2.18. The third kappa shape index (κ3) is 2.35. The van der Waals surface area contributed by atoms with Crippen LogP contribution in [0.1, 0.15) is 12.8 Å². The molecule has 0 amide bonds. The SMILES string of the molecule is CN1CCC[C@H]1[C@@H]1COc2c(cccc2-c2ccccc2)O1. The molecular weight excluding hydrogens is 274 g/mol. The Morgan fingerprint density at radius 2 is 1.91 bits per heavy atom. The van der Waals surface area contributed by atoms with Crippen molar-refractivity contribution in [2.24, 2.45) is 0 Å². The van der Waals surface area contributed by atoms with Crippen LogP contribution in [0.3, 0.4) is 0 Å². The lowest BCUT2D eigenvalue weighted by Gasteiger charge is -2.34. The zero-order valence-corrected chi connectivity index (χ0v) is 12.9. The van der Waals surface area contributed by atoms with E-state index in [0.29, 0.717) is 12.6 Å². The fraction of sp³-hybridized carbons (Fsp3) is 0.368. The van der Waals surface area contributed by atoms with Gasteiger partial charge in [0.25, 0.3) is 0 Å². The van der Waals surface area contributed by atoms with E-state index in [4.69, 9.17) is 9.47 Å². The molecular formula is C19H21NO2. The molecule has 0 spiro atoms. The number of rotatable bonds is 2. The Balaban J connectivity index is 1.64. The second-order valence-corrected chi connectivity index (χ2v) is 6.16. The zero-order chi connectivity index (χ0) is 14.9. The molecule has 2 aliphatic rings. The highest BCUT2D eigenvalue weighted by Crippen LogP contribution is 2.41. The molecule has 0 aliphatic carbocycles. The Morgan fingerprint density at radius 3 is 2.68 bits per heavy atom. The van der Waals surface area contributed by atoms with Crippen LogP contribution >= 0.6 is 0 Å². The van der Waals surface area contributed by atoms with Crippen LogP contribution in [-0.2, 0) is 0 Å². The number of benzene rings is 2. The van der Waals surface area contributed by atoms with Gasteiger partial charge in [-0.1, -0.05) is 42.5 Å². The van der Waals surface area contributed by atoms with Crippen LogP contribution in [0.2, 0.25) is 0 Å². The van der Waals surface area contributed by atoms with Gasteiger partial charge in [-0.25, -0.2) is 0 Å². The number of likely N-dealkylation sites (tertiary alicyclic amines) is 1. The molecule has 2 heterocycles. The average molecular weight is 295 g/mol. The molecule has 1 saturated heterocycles. The van der Waals surface area contributed by atoms with Gasteiger partial charge in [0.05, 0.1) is 0 Å². The first-order valence-corrected chi connectivity index (χ1v) is 8.01. The van der Waals surface area contributed by atoms with Gasteiger partial charge in [0, 0.05) is 11.6 Å². The molecule has 3 heteroatoms. The first kappa shape index (κ1) is 13.6. The van der Waals surface area contributed by atoms with Crippen molar-refractivity contribution < 1.29 is 9.47 Å². The summed E-state index contributed by atoms with van der Waals surface area (Å²) in [5, 5.41) is 0. The van der Waals surface area contributed by atoms with E-state index >= 15 is 0 Å². The fourth-order valence-electron chi connectivity index (χ4n) is 3.56. The molecule has 2 aromatic rings. The van der Waals surface area contributed by atoms with Gasteiger partial charge in [0.1, 0.15) is 12.7 Å². The van der Waals surface area contributed by atoms with Crippen molar-refractivity contribution in [1.29, 1.82) is 0 Å². The lowest BCUT2D eigenvalue weighted by atomic mass is 10.0. The molecule has 0 radical (unpaired) electrons. The predicted octanol–water partition coefficient (Wildman–Crippen LogP) is 3.59. The van der Waals surface area contributed by atoms with E-state index in [9.17, 15) is 0 Å². The maximum absolute atomic E-state index is 6.28. The number of ether oxygens (including phenoxy) is 2. The lowest BCUT2D eigenvalue weighted by Crippen LogP contribution is -2.45. The first-order chi connectivity index (χ1) is 10.8. The number of hydrogen-bond acceptors (Lipinski definition) is 3. The van der Waals surface area contributed by atoms with Crippen molar-refractivity contribution in [3.8, 4) is 22.6 Å². The zero-order valence-electron chi connectivity index (χ0n) is 12.9. The molecule has 22 heavy (non-hydrogen) atoms. The van der Waals surface area contributed by atoms with Gasteiger partial charge in [0.2, 0.25) is 0 Å². The summed E-state index contributed by atoms with van der Waals surface area (Å²) in [6.45, 7) is 1.79. The number of para-hydroxylation sites is 1. The number of likely N-dealkylation sites (N-methyl/N-ethyl adjacent to an activating group) is 1. The minimum Gasteiger partial charge on any atom is -0.485 e. The number of hydrogen-bond donors (Lipinski definition) is 0. The molecule has 0 bridgehead atoms. The van der Waals surface area contributed by atoms with Crippen LogP contribution in [0.4, 0.5) is 0 Å². The van der Waals surface area contributed by atoms with Crippen molar-refractivity contribution in [2.75, 3.05) is 20.2 Å². The quantitative estimate of drug-likeness (QED) is 0.845. The van der Waals surface area contributed by atoms with E-state index < -0.39 is 0 Å². The molecule has 2 aromatic carbocycles. The van der Waals surface area contributed by atoms with Crippen LogP contribution in [0.5, 0.6) is 11.5 Å². The molecule has 0 unspecified atom stereocenters. The molecule has 0 aromatic heterocycles. The minimum atomic E-state index is 0.131. The third-order valence-corrected chi connectivity index (χ3v) is 4.74. The molecule has 2 aliphatic heterocycles. The topological polar surface area (TPSA) is 21.7 Å². The second-order valence-electron chi connectivity index (χ2n) is 6.16. The molecule has 114 valence electrons. The third-order valence-electron chi connectivity index (χ3n) is 4.74.